The van der Waals surface area contributed by atoms with Crippen LogP contribution >= 0.6 is 11.6 Å². The third-order valence-corrected chi connectivity index (χ3v) is 5.58. The lowest BCUT2D eigenvalue weighted by Gasteiger charge is -2.38. The lowest BCUT2D eigenvalue weighted by Crippen LogP contribution is -2.52. The first-order valence-corrected chi connectivity index (χ1v) is 9.62. The highest BCUT2D eigenvalue weighted by Crippen LogP contribution is 2.38. The highest BCUT2D eigenvalue weighted by atomic mass is 35.5. The van der Waals surface area contributed by atoms with E-state index in [0.717, 1.165) is 43.1 Å². The van der Waals surface area contributed by atoms with Gasteiger partial charge in [0.05, 0.1) is 10.4 Å². The zero-order valence-electron chi connectivity index (χ0n) is 15.5. The summed E-state index contributed by atoms with van der Waals surface area (Å²) in [6.45, 7) is 1.82. The highest BCUT2D eigenvalue weighted by Gasteiger charge is 2.48. The van der Waals surface area contributed by atoms with Crippen molar-refractivity contribution >= 4 is 40.8 Å². The summed E-state index contributed by atoms with van der Waals surface area (Å²) in [4.78, 5) is 37.3. The molecule has 2 aromatic heterocycles. The summed E-state index contributed by atoms with van der Waals surface area (Å²) in [5.74, 6) is 0.305. The normalized spacial score (nSPS) is 21.1. The number of anilines is 1. The Morgan fingerprint density at radius 1 is 1.32 bits per heavy atom. The molecule has 8 nitrogen and oxygen atoms in total. The quantitative estimate of drug-likeness (QED) is 0.540. The molecule has 0 unspecified atom stereocenters. The van der Waals surface area contributed by atoms with Gasteiger partial charge in [0.1, 0.15) is 29.2 Å². The number of carbonyl (C=O) groups excluding carboxylic acids is 2. The van der Waals surface area contributed by atoms with Crippen LogP contribution in [0.25, 0.3) is 11.0 Å². The summed E-state index contributed by atoms with van der Waals surface area (Å²) >= 11 is 6.48. The van der Waals surface area contributed by atoms with Gasteiger partial charge in [-0.3, -0.25) is 14.5 Å². The van der Waals surface area contributed by atoms with Crippen molar-refractivity contribution in [3.63, 3.8) is 0 Å². The van der Waals surface area contributed by atoms with Gasteiger partial charge >= 0.3 is 0 Å². The van der Waals surface area contributed by atoms with Crippen molar-refractivity contribution in [3.05, 3.63) is 41.1 Å². The van der Waals surface area contributed by atoms with Crippen molar-refractivity contribution in [2.24, 2.45) is 0 Å². The fourth-order valence-corrected chi connectivity index (χ4v) is 4.33. The number of fused-ring (bicyclic) bond motifs is 1. The van der Waals surface area contributed by atoms with Gasteiger partial charge in [0.2, 0.25) is 6.41 Å². The lowest BCUT2D eigenvalue weighted by molar-refractivity contribution is -0.121. The van der Waals surface area contributed by atoms with Crippen LogP contribution in [-0.2, 0) is 9.59 Å². The molecule has 1 saturated heterocycles. The van der Waals surface area contributed by atoms with Crippen molar-refractivity contribution in [1.29, 1.82) is 0 Å². The van der Waals surface area contributed by atoms with Crippen molar-refractivity contribution in [1.82, 2.24) is 25.2 Å². The van der Waals surface area contributed by atoms with Gasteiger partial charge in [-0.1, -0.05) is 18.0 Å². The number of hydrogen-bond donors (Lipinski definition) is 3. The first-order valence-electron chi connectivity index (χ1n) is 9.24. The number of aromatic nitrogens is 3. The van der Waals surface area contributed by atoms with Gasteiger partial charge in [-0.2, -0.15) is 0 Å². The second-order valence-corrected chi connectivity index (χ2v) is 7.54. The Morgan fingerprint density at radius 3 is 2.86 bits per heavy atom. The molecule has 28 heavy (non-hydrogen) atoms. The number of allylic oxidation sites excluding steroid dienone is 3. The first-order chi connectivity index (χ1) is 13.5. The van der Waals surface area contributed by atoms with Crippen LogP contribution in [0.5, 0.6) is 0 Å². The molecule has 3 N–H and O–H groups in total. The maximum atomic E-state index is 12.6. The second kappa shape index (κ2) is 7.27. The molecule has 2 aromatic rings. The zero-order valence-corrected chi connectivity index (χ0v) is 16.2. The molecule has 2 aliphatic rings. The van der Waals surface area contributed by atoms with Crippen LogP contribution in [0.3, 0.4) is 0 Å². The predicted molar refractivity (Wildman–Crippen MR) is 106 cm³/mol. The van der Waals surface area contributed by atoms with E-state index in [0.29, 0.717) is 17.9 Å². The second-order valence-electron chi connectivity index (χ2n) is 7.13. The fourth-order valence-electron chi connectivity index (χ4n) is 3.99. The minimum atomic E-state index is -0.647. The average Bonchev–Trinajstić information content (AvgIpc) is 3.25. The number of amides is 2. The van der Waals surface area contributed by atoms with E-state index in [1.54, 1.807) is 12.3 Å². The summed E-state index contributed by atoms with van der Waals surface area (Å²) in [5.41, 5.74) is 0.943. The van der Waals surface area contributed by atoms with E-state index in [4.69, 9.17) is 11.6 Å². The molecule has 9 heteroatoms. The maximum absolute atomic E-state index is 12.6. The summed E-state index contributed by atoms with van der Waals surface area (Å²) in [6, 6.07) is 1.87. The Bertz CT molecular complexity index is 989. The van der Waals surface area contributed by atoms with Crippen LogP contribution in [0, 0.1) is 0 Å². The molecule has 1 saturated carbocycles. The third-order valence-electron chi connectivity index (χ3n) is 5.29. The van der Waals surface area contributed by atoms with E-state index in [1.807, 2.05) is 13.0 Å². The van der Waals surface area contributed by atoms with Crippen molar-refractivity contribution < 1.29 is 9.59 Å². The number of rotatable bonds is 4. The number of carbonyl (C=O) groups is 2. The number of H-pyrrole nitrogens is 1. The minimum Gasteiger partial charge on any atom is -0.346 e. The van der Waals surface area contributed by atoms with Gasteiger partial charge in [-0.05, 0) is 44.7 Å². The van der Waals surface area contributed by atoms with Gasteiger partial charge in [0.25, 0.3) is 5.91 Å². The minimum absolute atomic E-state index is 0.189. The molecule has 1 aliphatic heterocycles. The van der Waals surface area contributed by atoms with E-state index in [-0.39, 0.29) is 16.6 Å². The van der Waals surface area contributed by atoms with Gasteiger partial charge in [0, 0.05) is 11.9 Å². The van der Waals surface area contributed by atoms with Crippen LogP contribution < -0.4 is 10.6 Å². The molecule has 2 amide bonds. The molecular formula is C19H21ClN6O2. The zero-order chi connectivity index (χ0) is 19.7. The Hall–Kier alpha value is -2.87. The Morgan fingerprint density at radius 2 is 2.11 bits per heavy atom. The monoisotopic (exact) mass is 400 g/mol. The molecule has 146 valence electrons. The van der Waals surface area contributed by atoms with E-state index < -0.39 is 5.66 Å². The Balaban J connectivity index is 1.64. The predicted octanol–water partition coefficient (Wildman–Crippen LogP) is 2.97. The molecule has 1 aliphatic carbocycles. The van der Waals surface area contributed by atoms with E-state index in [2.05, 4.69) is 25.6 Å². The lowest BCUT2D eigenvalue weighted by atomic mass is 9.88. The number of nitrogens with one attached hydrogen (secondary N) is 3. The summed E-state index contributed by atoms with van der Waals surface area (Å²) in [5, 5.41) is 7.21. The number of halogens is 1. The molecule has 2 fully saturated rings. The van der Waals surface area contributed by atoms with Gasteiger partial charge in [0.15, 0.2) is 0 Å². The van der Waals surface area contributed by atoms with Crippen LogP contribution in [0.1, 0.15) is 39.0 Å². The number of nitrogens with zero attached hydrogens (tertiary/aromatic N) is 3. The summed E-state index contributed by atoms with van der Waals surface area (Å²) in [7, 11) is 0. The van der Waals surface area contributed by atoms with Crippen LogP contribution in [0.15, 0.2) is 41.1 Å². The smallest absolute Gasteiger partial charge is 0.271 e. The standard InChI is InChI=1S/C19H21ClN6O2/c1-12(24-17-13-5-8-21-16(13)22-10-23-17)9-14(20)15-18(28)25-19(26(15)11-27)6-3-2-4-7-19/h5,8-11H,2-4,6-7H2,1H3,(H,25,28)(H2,21,22,23,24)/b12-9+,15-14+. The fraction of sp³-hybridized carbons (Fsp3) is 0.368. The first kappa shape index (κ1) is 18.5. The molecule has 0 aromatic carbocycles. The molecule has 1 spiro atoms. The SMILES string of the molecule is C/C(=C\C(Cl)=C1\C(=O)NC2(CCCCC2)N1C=O)Nc1ncnc2[nH]ccc12. The van der Waals surface area contributed by atoms with Gasteiger partial charge in [-0.25, -0.2) is 9.97 Å². The van der Waals surface area contributed by atoms with Crippen molar-refractivity contribution in [2.45, 2.75) is 44.7 Å². The average molecular weight is 401 g/mol. The topological polar surface area (TPSA) is 103 Å². The highest BCUT2D eigenvalue weighted by molar-refractivity contribution is 6.33. The van der Waals surface area contributed by atoms with E-state index in [1.165, 1.54) is 11.2 Å². The van der Waals surface area contributed by atoms with E-state index in [9.17, 15) is 9.59 Å². The maximum Gasteiger partial charge on any atom is 0.271 e. The van der Waals surface area contributed by atoms with Crippen molar-refractivity contribution in [2.75, 3.05) is 5.32 Å². The van der Waals surface area contributed by atoms with Gasteiger partial charge in [-0.15, -0.1) is 0 Å². The molecule has 4 rings (SSSR count). The molecule has 0 radical (unpaired) electrons. The molecule has 0 atom stereocenters. The van der Waals surface area contributed by atoms with Crippen LogP contribution in [0.4, 0.5) is 5.82 Å². The number of aromatic amines is 1. The van der Waals surface area contributed by atoms with Crippen molar-refractivity contribution in [3.8, 4) is 0 Å². The summed E-state index contributed by atoms with van der Waals surface area (Å²) < 4.78 is 0. The summed E-state index contributed by atoms with van der Waals surface area (Å²) in [6.07, 6.45) is 10.1. The largest absolute Gasteiger partial charge is 0.346 e. The van der Waals surface area contributed by atoms with Crippen LogP contribution in [0.2, 0.25) is 0 Å². The molecule has 0 bridgehead atoms. The Kier molecular flexibility index (Phi) is 4.80. The Labute approximate surface area is 167 Å². The van der Waals surface area contributed by atoms with Gasteiger partial charge < -0.3 is 15.6 Å². The van der Waals surface area contributed by atoms with E-state index >= 15 is 0 Å². The number of hydrogen-bond acceptors (Lipinski definition) is 5. The molecule has 3 heterocycles. The third kappa shape index (κ3) is 3.13. The van der Waals surface area contributed by atoms with Crippen LogP contribution in [-0.4, -0.2) is 37.8 Å². The molecular weight excluding hydrogens is 380 g/mol.